The third-order valence-electron chi connectivity index (χ3n) is 4.03. The van der Waals surface area contributed by atoms with Crippen molar-refractivity contribution in [2.45, 2.75) is 45.8 Å². The van der Waals surface area contributed by atoms with Crippen LogP contribution in [0, 0.1) is 0 Å². The number of carbonyl (C=O) groups excluding carboxylic acids is 1. The summed E-state index contributed by atoms with van der Waals surface area (Å²) >= 11 is 0. The second-order valence-corrected chi connectivity index (χ2v) is 5.79. The number of hydrogen-bond acceptors (Lipinski definition) is 1. The quantitative estimate of drug-likeness (QED) is 0.797. The van der Waals surface area contributed by atoms with E-state index >= 15 is 0 Å². The lowest BCUT2D eigenvalue weighted by molar-refractivity contribution is 0.187. The van der Waals surface area contributed by atoms with E-state index in [4.69, 9.17) is 0 Å². The van der Waals surface area contributed by atoms with Crippen LogP contribution >= 0.6 is 0 Å². The van der Waals surface area contributed by atoms with E-state index < -0.39 is 0 Å². The van der Waals surface area contributed by atoms with E-state index in [2.05, 4.69) is 43.4 Å². The fourth-order valence-electron chi connectivity index (χ4n) is 2.57. The Labute approximate surface area is 139 Å². The van der Waals surface area contributed by atoms with Gasteiger partial charge in [-0.05, 0) is 24.0 Å². The van der Waals surface area contributed by atoms with Gasteiger partial charge in [-0.25, -0.2) is 4.79 Å². The molecule has 1 N–H and O–H groups in total. The SMILES string of the molecule is CCC(CC)NC(=O)N(Cc1ccccc1)Cc1ccccc1. The van der Waals surface area contributed by atoms with Gasteiger partial charge in [0.15, 0.2) is 0 Å². The first kappa shape index (κ1) is 17.1. The van der Waals surface area contributed by atoms with Crippen molar-refractivity contribution in [1.82, 2.24) is 10.2 Å². The van der Waals surface area contributed by atoms with Gasteiger partial charge in [-0.1, -0.05) is 74.5 Å². The van der Waals surface area contributed by atoms with Gasteiger partial charge in [0, 0.05) is 19.1 Å². The number of rotatable bonds is 7. The van der Waals surface area contributed by atoms with Gasteiger partial charge in [0.2, 0.25) is 0 Å². The minimum atomic E-state index is 0.00593. The Morgan fingerprint density at radius 1 is 0.870 bits per heavy atom. The molecule has 0 aromatic heterocycles. The molecule has 23 heavy (non-hydrogen) atoms. The van der Waals surface area contributed by atoms with Gasteiger partial charge in [0.05, 0.1) is 0 Å². The van der Waals surface area contributed by atoms with Crippen LogP contribution in [-0.4, -0.2) is 17.0 Å². The zero-order chi connectivity index (χ0) is 16.5. The lowest BCUT2D eigenvalue weighted by Crippen LogP contribution is -2.43. The van der Waals surface area contributed by atoms with Gasteiger partial charge >= 0.3 is 6.03 Å². The normalized spacial score (nSPS) is 10.6. The standard InChI is InChI=1S/C20H26N2O/c1-3-19(4-2)21-20(23)22(15-17-11-7-5-8-12-17)16-18-13-9-6-10-14-18/h5-14,19H,3-4,15-16H2,1-2H3,(H,21,23). The molecule has 0 saturated heterocycles. The van der Waals surface area contributed by atoms with Crippen molar-refractivity contribution < 1.29 is 4.79 Å². The average Bonchev–Trinajstić information content (AvgIpc) is 2.60. The number of carbonyl (C=O) groups is 1. The molecule has 2 rings (SSSR count). The summed E-state index contributed by atoms with van der Waals surface area (Å²) in [6.07, 6.45) is 1.90. The first-order valence-electron chi connectivity index (χ1n) is 8.36. The van der Waals surface area contributed by atoms with Crippen molar-refractivity contribution in [1.29, 1.82) is 0 Å². The van der Waals surface area contributed by atoms with Crippen molar-refractivity contribution in [3.05, 3.63) is 71.8 Å². The second-order valence-electron chi connectivity index (χ2n) is 5.79. The van der Waals surface area contributed by atoms with Crippen LogP contribution in [0.1, 0.15) is 37.8 Å². The summed E-state index contributed by atoms with van der Waals surface area (Å²) in [5, 5.41) is 3.14. The zero-order valence-electron chi connectivity index (χ0n) is 14.0. The Kier molecular flexibility index (Phi) is 6.67. The molecular weight excluding hydrogens is 284 g/mol. The molecule has 0 heterocycles. The maximum Gasteiger partial charge on any atom is 0.318 e. The summed E-state index contributed by atoms with van der Waals surface area (Å²) in [5.41, 5.74) is 2.28. The average molecular weight is 310 g/mol. The predicted octanol–water partition coefficient (Wildman–Crippen LogP) is 4.59. The molecule has 0 radical (unpaired) electrons. The largest absolute Gasteiger partial charge is 0.335 e. The van der Waals surface area contributed by atoms with Gasteiger partial charge in [-0.2, -0.15) is 0 Å². The van der Waals surface area contributed by atoms with E-state index in [1.54, 1.807) is 0 Å². The molecule has 0 fully saturated rings. The van der Waals surface area contributed by atoms with Crippen molar-refractivity contribution in [3.8, 4) is 0 Å². The predicted molar refractivity (Wildman–Crippen MR) is 95.0 cm³/mol. The van der Waals surface area contributed by atoms with E-state index in [-0.39, 0.29) is 12.1 Å². The van der Waals surface area contributed by atoms with Crippen LogP contribution in [0.2, 0.25) is 0 Å². The highest BCUT2D eigenvalue weighted by atomic mass is 16.2. The topological polar surface area (TPSA) is 32.3 Å². The van der Waals surface area contributed by atoms with Crippen LogP contribution in [0.15, 0.2) is 60.7 Å². The lowest BCUT2D eigenvalue weighted by atomic mass is 10.1. The summed E-state index contributed by atoms with van der Waals surface area (Å²) in [5.74, 6) is 0. The number of hydrogen-bond donors (Lipinski definition) is 1. The Balaban J connectivity index is 2.11. The molecule has 0 aliphatic heterocycles. The molecular formula is C20H26N2O. The van der Waals surface area contributed by atoms with Crippen LogP contribution in [0.4, 0.5) is 4.79 Å². The highest BCUT2D eigenvalue weighted by Crippen LogP contribution is 2.11. The van der Waals surface area contributed by atoms with E-state index in [0.717, 1.165) is 24.0 Å². The summed E-state index contributed by atoms with van der Waals surface area (Å²) in [6.45, 7) is 5.43. The van der Waals surface area contributed by atoms with Crippen LogP contribution in [0.5, 0.6) is 0 Å². The molecule has 0 aliphatic rings. The molecule has 2 aromatic rings. The third-order valence-corrected chi connectivity index (χ3v) is 4.03. The Bertz CT molecular complexity index is 538. The molecule has 0 aliphatic carbocycles. The first-order valence-corrected chi connectivity index (χ1v) is 8.36. The first-order chi connectivity index (χ1) is 11.2. The van der Waals surface area contributed by atoms with Crippen molar-refractivity contribution in [2.24, 2.45) is 0 Å². The number of nitrogens with zero attached hydrogens (tertiary/aromatic N) is 1. The number of benzene rings is 2. The fourth-order valence-corrected chi connectivity index (χ4v) is 2.57. The zero-order valence-corrected chi connectivity index (χ0v) is 14.0. The van der Waals surface area contributed by atoms with Crippen molar-refractivity contribution in [3.63, 3.8) is 0 Å². The molecule has 122 valence electrons. The molecule has 2 amide bonds. The molecule has 0 spiro atoms. The van der Waals surface area contributed by atoms with E-state index in [1.807, 2.05) is 41.3 Å². The second kappa shape index (κ2) is 8.99. The van der Waals surface area contributed by atoms with Gasteiger partial charge in [0.1, 0.15) is 0 Å². The van der Waals surface area contributed by atoms with E-state index in [9.17, 15) is 4.79 Å². The van der Waals surface area contributed by atoms with Gasteiger partial charge in [-0.3, -0.25) is 0 Å². The molecule has 3 heteroatoms. The summed E-state index contributed by atoms with van der Waals surface area (Å²) in [7, 11) is 0. The van der Waals surface area contributed by atoms with Gasteiger partial charge < -0.3 is 10.2 Å². The lowest BCUT2D eigenvalue weighted by Gasteiger charge is -2.26. The molecule has 0 unspecified atom stereocenters. The number of amides is 2. The monoisotopic (exact) mass is 310 g/mol. The van der Waals surface area contributed by atoms with Crippen molar-refractivity contribution >= 4 is 6.03 Å². The number of nitrogens with one attached hydrogen (secondary N) is 1. The Morgan fingerprint density at radius 3 is 1.70 bits per heavy atom. The van der Waals surface area contributed by atoms with Crippen LogP contribution in [0.3, 0.4) is 0 Å². The van der Waals surface area contributed by atoms with E-state index in [0.29, 0.717) is 13.1 Å². The highest BCUT2D eigenvalue weighted by molar-refractivity contribution is 5.74. The van der Waals surface area contributed by atoms with Crippen LogP contribution in [-0.2, 0) is 13.1 Å². The van der Waals surface area contributed by atoms with Crippen LogP contribution < -0.4 is 5.32 Å². The molecule has 2 aromatic carbocycles. The maximum absolute atomic E-state index is 12.7. The summed E-state index contributed by atoms with van der Waals surface area (Å²) in [6, 6.07) is 20.5. The van der Waals surface area contributed by atoms with E-state index in [1.165, 1.54) is 0 Å². The van der Waals surface area contributed by atoms with Gasteiger partial charge in [-0.15, -0.1) is 0 Å². The minimum Gasteiger partial charge on any atom is -0.335 e. The third kappa shape index (κ3) is 5.44. The van der Waals surface area contributed by atoms with Crippen molar-refractivity contribution in [2.75, 3.05) is 0 Å². The smallest absolute Gasteiger partial charge is 0.318 e. The Morgan fingerprint density at radius 2 is 1.30 bits per heavy atom. The molecule has 0 saturated carbocycles. The Hall–Kier alpha value is -2.29. The maximum atomic E-state index is 12.7. The summed E-state index contributed by atoms with van der Waals surface area (Å²) < 4.78 is 0. The fraction of sp³-hybridized carbons (Fsp3) is 0.350. The highest BCUT2D eigenvalue weighted by Gasteiger charge is 2.17. The molecule has 0 bridgehead atoms. The number of urea groups is 1. The van der Waals surface area contributed by atoms with Crippen LogP contribution in [0.25, 0.3) is 0 Å². The molecule has 3 nitrogen and oxygen atoms in total. The minimum absolute atomic E-state index is 0.00593. The van der Waals surface area contributed by atoms with Gasteiger partial charge in [0.25, 0.3) is 0 Å². The summed E-state index contributed by atoms with van der Waals surface area (Å²) in [4.78, 5) is 14.6. The molecule has 0 atom stereocenters.